The highest BCUT2D eigenvalue weighted by Crippen LogP contribution is 2.17. The van der Waals surface area contributed by atoms with E-state index in [0.29, 0.717) is 0 Å². The van der Waals surface area contributed by atoms with Crippen LogP contribution >= 0.6 is 28.3 Å². The van der Waals surface area contributed by atoms with E-state index in [9.17, 15) is 0 Å². The molecular formula is C9H8BrNS. The van der Waals surface area contributed by atoms with Gasteiger partial charge in [0.1, 0.15) is 0 Å². The first kappa shape index (κ1) is 9.42. The summed E-state index contributed by atoms with van der Waals surface area (Å²) in [7, 11) is 0. The summed E-state index contributed by atoms with van der Waals surface area (Å²) in [6.45, 7) is 0. The second kappa shape index (κ2) is 4.38. The Balaban J connectivity index is 0.000000720. The SMILES string of the molecule is Br.c1ccc(-c2cscn2)cc1. The van der Waals surface area contributed by atoms with Gasteiger partial charge in [0.25, 0.3) is 0 Å². The van der Waals surface area contributed by atoms with Crippen molar-refractivity contribution in [3.05, 3.63) is 41.2 Å². The van der Waals surface area contributed by atoms with E-state index in [1.165, 1.54) is 5.56 Å². The maximum Gasteiger partial charge on any atom is 0.0811 e. The van der Waals surface area contributed by atoms with Gasteiger partial charge in [0.05, 0.1) is 11.2 Å². The number of thiazole rings is 1. The fraction of sp³-hybridized carbons (Fsp3) is 0. The monoisotopic (exact) mass is 241 g/mol. The topological polar surface area (TPSA) is 12.9 Å². The van der Waals surface area contributed by atoms with Gasteiger partial charge < -0.3 is 0 Å². The van der Waals surface area contributed by atoms with Gasteiger partial charge >= 0.3 is 0 Å². The van der Waals surface area contributed by atoms with Crippen molar-refractivity contribution in [3.8, 4) is 11.3 Å². The van der Waals surface area contributed by atoms with Crippen LogP contribution in [0.3, 0.4) is 0 Å². The third-order valence-electron chi connectivity index (χ3n) is 1.50. The van der Waals surface area contributed by atoms with E-state index in [1.54, 1.807) is 11.3 Å². The second-order valence-electron chi connectivity index (χ2n) is 2.24. The lowest BCUT2D eigenvalue weighted by molar-refractivity contribution is 1.41. The maximum absolute atomic E-state index is 4.20. The highest BCUT2D eigenvalue weighted by molar-refractivity contribution is 8.93. The highest BCUT2D eigenvalue weighted by atomic mass is 79.9. The summed E-state index contributed by atoms with van der Waals surface area (Å²) < 4.78 is 0. The average molecular weight is 242 g/mol. The third kappa shape index (κ3) is 1.93. The Morgan fingerprint density at radius 1 is 1.08 bits per heavy atom. The van der Waals surface area contributed by atoms with Crippen molar-refractivity contribution in [2.45, 2.75) is 0 Å². The number of aromatic nitrogens is 1. The summed E-state index contributed by atoms with van der Waals surface area (Å²) in [5.74, 6) is 0. The van der Waals surface area contributed by atoms with Crippen molar-refractivity contribution in [2.24, 2.45) is 0 Å². The molecule has 62 valence electrons. The third-order valence-corrected chi connectivity index (χ3v) is 2.09. The molecule has 0 spiro atoms. The summed E-state index contributed by atoms with van der Waals surface area (Å²) in [6, 6.07) is 10.2. The fourth-order valence-electron chi connectivity index (χ4n) is 0.964. The number of halogens is 1. The number of rotatable bonds is 1. The van der Waals surface area contributed by atoms with Crippen LogP contribution in [0.25, 0.3) is 11.3 Å². The second-order valence-corrected chi connectivity index (χ2v) is 2.96. The number of hydrogen-bond donors (Lipinski definition) is 0. The van der Waals surface area contributed by atoms with E-state index in [4.69, 9.17) is 0 Å². The van der Waals surface area contributed by atoms with Crippen molar-refractivity contribution >= 4 is 28.3 Å². The minimum absolute atomic E-state index is 0. The van der Waals surface area contributed by atoms with Gasteiger partial charge in [-0.25, -0.2) is 4.98 Å². The molecular weight excluding hydrogens is 234 g/mol. The van der Waals surface area contributed by atoms with Crippen molar-refractivity contribution in [3.63, 3.8) is 0 Å². The van der Waals surface area contributed by atoms with E-state index in [0.717, 1.165) is 5.69 Å². The molecule has 1 nitrogen and oxygen atoms in total. The van der Waals surface area contributed by atoms with E-state index in [2.05, 4.69) is 22.5 Å². The first-order chi connectivity index (χ1) is 5.47. The van der Waals surface area contributed by atoms with Gasteiger partial charge in [-0.1, -0.05) is 30.3 Å². The van der Waals surface area contributed by atoms with Gasteiger partial charge in [-0.05, 0) is 0 Å². The standard InChI is InChI=1S/C9H7NS.BrH/c1-2-4-8(5-3-1)9-6-11-7-10-9;/h1-7H;1H. The Bertz CT molecular complexity index is 318. The van der Waals surface area contributed by atoms with Crippen LogP contribution < -0.4 is 0 Å². The lowest BCUT2D eigenvalue weighted by Gasteiger charge is -1.92. The number of benzene rings is 1. The van der Waals surface area contributed by atoms with Gasteiger partial charge in [-0.2, -0.15) is 0 Å². The highest BCUT2D eigenvalue weighted by Gasteiger charge is 1.95. The summed E-state index contributed by atoms with van der Waals surface area (Å²) in [6.07, 6.45) is 0. The Morgan fingerprint density at radius 2 is 1.83 bits per heavy atom. The van der Waals surface area contributed by atoms with Gasteiger partial charge in [0.15, 0.2) is 0 Å². The molecule has 0 amide bonds. The molecule has 12 heavy (non-hydrogen) atoms. The van der Waals surface area contributed by atoms with Crippen molar-refractivity contribution in [1.29, 1.82) is 0 Å². The maximum atomic E-state index is 4.20. The van der Waals surface area contributed by atoms with E-state index in [1.807, 2.05) is 23.7 Å². The minimum Gasteiger partial charge on any atom is -0.245 e. The Morgan fingerprint density at radius 3 is 2.42 bits per heavy atom. The molecule has 0 unspecified atom stereocenters. The van der Waals surface area contributed by atoms with Crippen LogP contribution in [0.1, 0.15) is 0 Å². The smallest absolute Gasteiger partial charge is 0.0811 e. The average Bonchev–Trinajstić information content (AvgIpc) is 2.58. The van der Waals surface area contributed by atoms with Crippen LogP contribution in [-0.4, -0.2) is 4.98 Å². The van der Waals surface area contributed by atoms with Crippen LogP contribution in [0.5, 0.6) is 0 Å². The molecule has 0 atom stereocenters. The first-order valence-corrected chi connectivity index (χ1v) is 4.35. The van der Waals surface area contributed by atoms with Crippen molar-refractivity contribution < 1.29 is 0 Å². The first-order valence-electron chi connectivity index (χ1n) is 3.40. The summed E-state index contributed by atoms with van der Waals surface area (Å²) >= 11 is 1.62. The normalized spacial score (nSPS) is 9.00. The van der Waals surface area contributed by atoms with Gasteiger partial charge in [-0.3, -0.25) is 0 Å². The molecule has 0 aliphatic heterocycles. The van der Waals surface area contributed by atoms with Crippen LogP contribution in [0.4, 0.5) is 0 Å². The molecule has 0 aliphatic carbocycles. The molecule has 0 bridgehead atoms. The van der Waals surface area contributed by atoms with E-state index in [-0.39, 0.29) is 17.0 Å². The quantitative estimate of drug-likeness (QED) is 0.746. The molecule has 0 N–H and O–H groups in total. The van der Waals surface area contributed by atoms with Gasteiger partial charge in [0.2, 0.25) is 0 Å². The Labute approximate surface area is 85.9 Å². The molecule has 0 aliphatic rings. The Kier molecular flexibility index (Phi) is 3.44. The number of hydrogen-bond acceptors (Lipinski definition) is 2. The number of nitrogens with zero attached hydrogens (tertiary/aromatic N) is 1. The molecule has 2 rings (SSSR count). The Hall–Kier alpha value is -0.670. The zero-order chi connectivity index (χ0) is 7.52. The predicted octanol–water partition coefficient (Wildman–Crippen LogP) is 3.39. The van der Waals surface area contributed by atoms with Crippen LogP contribution in [0, 0.1) is 0 Å². The molecule has 0 saturated carbocycles. The fourth-order valence-corrected chi connectivity index (χ4v) is 1.53. The molecule has 0 radical (unpaired) electrons. The molecule has 1 heterocycles. The van der Waals surface area contributed by atoms with Gasteiger partial charge in [-0.15, -0.1) is 28.3 Å². The zero-order valence-electron chi connectivity index (χ0n) is 6.31. The molecule has 0 saturated heterocycles. The predicted molar refractivity (Wildman–Crippen MR) is 57.9 cm³/mol. The van der Waals surface area contributed by atoms with E-state index >= 15 is 0 Å². The molecule has 1 aromatic carbocycles. The summed E-state index contributed by atoms with van der Waals surface area (Å²) in [5, 5.41) is 2.05. The molecule has 2 aromatic rings. The molecule has 1 aromatic heterocycles. The lowest BCUT2D eigenvalue weighted by Crippen LogP contribution is -1.73. The van der Waals surface area contributed by atoms with Crippen molar-refractivity contribution in [1.82, 2.24) is 4.98 Å². The van der Waals surface area contributed by atoms with Crippen LogP contribution in [0.15, 0.2) is 41.2 Å². The van der Waals surface area contributed by atoms with Gasteiger partial charge in [0, 0.05) is 10.9 Å². The molecule has 3 heteroatoms. The van der Waals surface area contributed by atoms with Crippen LogP contribution in [-0.2, 0) is 0 Å². The summed E-state index contributed by atoms with van der Waals surface area (Å²) in [5.41, 5.74) is 4.10. The van der Waals surface area contributed by atoms with E-state index < -0.39 is 0 Å². The largest absolute Gasteiger partial charge is 0.245 e. The minimum atomic E-state index is 0. The summed E-state index contributed by atoms with van der Waals surface area (Å²) in [4.78, 5) is 4.20. The van der Waals surface area contributed by atoms with Crippen molar-refractivity contribution in [2.75, 3.05) is 0 Å². The zero-order valence-corrected chi connectivity index (χ0v) is 8.83. The molecule has 0 fully saturated rings. The lowest BCUT2D eigenvalue weighted by atomic mass is 10.2. The van der Waals surface area contributed by atoms with Crippen LogP contribution in [0.2, 0.25) is 0 Å².